The predicted molar refractivity (Wildman–Crippen MR) is 93.7 cm³/mol. The standard InChI is InChI=1S/C17H15BrClFN2O/c18-14-11-12(20)5-6-13(14)17(23)22-9-7-21(8-10-22)16-4-2-1-3-15(16)19/h1-6,11H,7-10H2. The molecule has 2 aromatic rings. The number of nitrogens with zero attached hydrogens (tertiary/aromatic N) is 2. The molecule has 6 heteroatoms. The van der Waals surface area contributed by atoms with Crippen LogP contribution in [-0.4, -0.2) is 37.0 Å². The molecule has 1 aliphatic heterocycles. The van der Waals surface area contributed by atoms with Gasteiger partial charge in [0, 0.05) is 30.7 Å². The molecule has 0 aliphatic carbocycles. The van der Waals surface area contributed by atoms with Crippen molar-refractivity contribution in [3.63, 3.8) is 0 Å². The highest BCUT2D eigenvalue weighted by molar-refractivity contribution is 9.10. The number of halogens is 3. The van der Waals surface area contributed by atoms with Crippen molar-refractivity contribution in [1.29, 1.82) is 0 Å². The van der Waals surface area contributed by atoms with Gasteiger partial charge in [0.25, 0.3) is 5.91 Å². The number of anilines is 1. The average molecular weight is 398 g/mol. The van der Waals surface area contributed by atoms with Crippen molar-refractivity contribution >= 4 is 39.1 Å². The summed E-state index contributed by atoms with van der Waals surface area (Å²) < 4.78 is 13.6. The van der Waals surface area contributed by atoms with Crippen molar-refractivity contribution < 1.29 is 9.18 Å². The molecule has 0 atom stereocenters. The molecule has 3 nitrogen and oxygen atoms in total. The van der Waals surface area contributed by atoms with Gasteiger partial charge in [0.05, 0.1) is 16.3 Å². The van der Waals surface area contributed by atoms with Gasteiger partial charge in [-0.2, -0.15) is 0 Å². The van der Waals surface area contributed by atoms with Gasteiger partial charge in [-0.15, -0.1) is 0 Å². The van der Waals surface area contributed by atoms with E-state index in [0.29, 0.717) is 41.2 Å². The Morgan fingerprint density at radius 1 is 1.09 bits per heavy atom. The highest BCUT2D eigenvalue weighted by atomic mass is 79.9. The Morgan fingerprint density at radius 3 is 2.43 bits per heavy atom. The average Bonchev–Trinajstić information content (AvgIpc) is 2.55. The lowest BCUT2D eigenvalue weighted by atomic mass is 10.1. The van der Waals surface area contributed by atoms with Crippen LogP contribution in [0.5, 0.6) is 0 Å². The van der Waals surface area contributed by atoms with E-state index in [9.17, 15) is 9.18 Å². The Kier molecular flexibility index (Phi) is 4.87. The molecule has 1 fully saturated rings. The smallest absolute Gasteiger partial charge is 0.255 e. The molecule has 1 amide bonds. The highest BCUT2D eigenvalue weighted by Crippen LogP contribution is 2.27. The van der Waals surface area contributed by atoms with Crippen LogP contribution in [0.15, 0.2) is 46.9 Å². The minimum Gasteiger partial charge on any atom is -0.367 e. The van der Waals surface area contributed by atoms with Gasteiger partial charge in [0.1, 0.15) is 5.82 Å². The molecule has 1 heterocycles. The predicted octanol–water partition coefficient (Wildman–Crippen LogP) is 4.20. The molecule has 0 spiro atoms. The van der Waals surface area contributed by atoms with Crippen LogP contribution in [0.1, 0.15) is 10.4 Å². The molecule has 0 saturated carbocycles. The molecule has 1 aliphatic rings. The number of rotatable bonds is 2. The first-order valence-corrected chi connectivity index (χ1v) is 8.47. The largest absolute Gasteiger partial charge is 0.367 e. The molecule has 3 rings (SSSR count). The summed E-state index contributed by atoms with van der Waals surface area (Å²) in [5.41, 5.74) is 1.47. The molecule has 0 unspecified atom stereocenters. The molecule has 0 aromatic heterocycles. The molecular weight excluding hydrogens is 383 g/mol. The first-order valence-electron chi connectivity index (χ1n) is 7.30. The summed E-state index contributed by atoms with van der Waals surface area (Å²) in [5.74, 6) is -0.451. The van der Waals surface area contributed by atoms with E-state index in [1.54, 1.807) is 4.90 Å². The monoisotopic (exact) mass is 396 g/mol. The second kappa shape index (κ2) is 6.89. The third-order valence-corrected chi connectivity index (χ3v) is 4.90. The van der Waals surface area contributed by atoms with Crippen molar-refractivity contribution in [3.05, 3.63) is 63.3 Å². The Bertz CT molecular complexity index is 732. The van der Waals surface area contributed by atoms with Crippen LogP contribution >= 0.6 is 27.5 Å². The zero-order valence-corrected chi connectivity index (χ0v) is 14.6. The lowest BCUT2D eigenvalue weighted by Crippen LogP contribution is -2.49. The van der Waals surface area contributed by atoms with Gasteiger partial charge in [-0.3, -0.25) is 4.79 Å². The first-order chi connectivity index (χ1) is 11.1. The summed E-state index contributed by atoms with van der Waals surface area (Å²) in [6, 6.07) is 11.8. The molecule has 120 valence electrons. The van der Waals surface area contributed by atoms with Crippen LogP contribution < -0.4 is 4.90 Å². The van der Waals surface area contributed by atoms with Gasteiger partial charge in [-0.25, -0.2) is 4.39 Å². The lowest BCUT2D eigenvalue weighted by Gasteiger charge is -2.36. The number of carbonyl (C=O) groups excluding carboxylic acids is 1. The maximum atomic E-state index is 13.2. The minimum atomic E-state index is -0.364. The quantitative estimate of drug-likeness (QED) is 0.758. The zero-order chi connectivity index (χ0) is 16.4. The van der Waals surface area contributed by atoms with Crippen LogP contribution in [0.3, 0.4) is 0 Å². The van der Waals surface area contributed by atoms with Crippen molar-refractivity contribution in [1.82, 2.24) is 4.90 Å². The fraction of sp³-hybridized carbons (Fsp3) is 0.235. The van der Waals surface area contributed by atoms with E-state index in [4.69, 9.17) is 11.6 Å². The number of hydrogen-bond donors (Lipinski definition) is 0. The van der Waals surface area contributed by atoms with E-state index in [0.717, 1.165) is 5.69 Å². The fourth-order valence-electron chi connectivity index (χ4n) is 2.69. The third kappa shape index (κ3) is 3.51. The summed E-state index contributed by atoms with van der Waals surface area (Å²) in [5, 5.41) is 0.716. The molecule has 0 bridgehead atoms. The van der Waals surface area contributed by atoms with E-state index in [-0.39, 0.29) is 11.7 Å². The molecule has 0 radical (unpaired) electrons. The summed E-state index contributed by atoms with van der Waals surface area (Å²) in [7, 11) is 0. The van der Waals surface area contributed by atoms with E-state index < -0.39 is 0 Å². The Morgan fingerprint density at radius 2 is 1.78 bits per heavy atom. The summed E-state index contributed by atoms with van der Waals surface area (Å²) in [4.78, 5) is 16.5. The second-order valence-corrected chi connectivity index (χ2v) is 6.62. The molecular formula is C17H15BrClFN2O. The number of amides is 1. The zero-order valence-electron chi connectivity index (χ0n) is 12.3. The normalized spacial score (nSPS) is 14.9. The Hall–Kier alpha value is -1.59. The summed E-state index contributed by atoms with van der Waals surface area (Å²) >= 11 is 9.48. The maximum absolute atomic E-state index is 13.2. The van der Waals surface area contributed by atoms with E-state index in [2.05, 4.69) is 20.8 Å². The SMILES string of the molecule is O=C(c1ccc(F)cc1Br)N1CCN(c2ccccc2Cl)CC1. The van der Waals surface area contributed by atoms with E-state index in [1.807, 2.05) is 24.3 Å². The van der Waals surface area contributed by atoms with Gasteiger partial charge in [0.2, 0.25) is 0 Å². The van der Waals surface area contributed by atoms with Crippen LogP contribution in [-0.2, 0) is 0 Å². The number of para-hydroxylation sites is 1. The van der Waals surface area contributed by atoms with Crippen LogP contribution in [0.2, 0.25) is 5.02 Å². The number of carbonyl (C=O) groups is 1. The molecule has 2 aromatic carbocycles. The summed E-state index contributed by atoms with van der Waals surface area (Å²) in [6.07, 6.45) is 0. The summed E-state index contributed by atoms with van der Waals surface area (Å²) in [6.45, 7) is 2.64. The van der Waals surface area contributed by atoms with Crippen molar-refractivity contribution in [2.45, 2.75) is 0 Å². The van der Waals surface area contributed by atoms with Crippen LogP contribution in [0.25, 0.3) is 0 Å². The molecule has 1 saturated heterocycles. The van der Waals surface area contributed by atoms with Gasteiger partial charge in [-0.1, -0.05) is 23.7 Å². The second-order valence-electron chi connectivity index (χ2n) is 5.35. The van der Waals surface area contributed by atoms with Crippen LogP contribution in [0.4, 0.5) is 10.1 Å². The van der Waals surface area contributed by atoms with Crippen LogP contribution in [0, 0.1) is 5.82 Å². The van der Waals surface area contributed by atoms with Gasteiger partial charge >= 0.3 is 0 Å². The van der Waals surface area contributed by atoms with Crippen molar-refractivity contribution in [2.75, 3.05) is 31.1 Å². The fourth-order valence-corrected chi connectivity index (χ4v) is 3.47. The van der Waals surface area contributed by atoms with Crippen molar-refractivity contribution in [2.24, 2.45) is 0 Å². The Labute approximate surface area is 147 Å². The number of hydrogen-bond acceptors (Lipinski definition) is 2. The lowest BCUT2D eigenvalue weighted by molar-refractivity contribution is 0.0746. The first kappa shape index (κ1) is 16.3. The van der Waals surface area contributed by atoms with Gasteiger partial charge in [-0.05, 0) is 46.3 Å². The van der Waals surface area contributed by atoms with Crippen molar-refractivity contribution in [3.8, 4) is 0 Å². The van der Waals surface area contributed by atoms with E-state index in [1.165, 1.54) is 18.2 Å². The topological polar surface area (TPSA) is 23.6 Å². The maximum Gasteiger partial charge on any atom is 0.255 e. The molecule has 23 heavy (non-hydrogen) atoms. The third-order valence-electron chi connectivity index (χ3n) is 3.92. The number of piperazine rings is 1. The van der Waals surface area contributed by atoms with E-state index >= 15 is 0 Å². The Balaban J connectivity index is 1.69. The number of benzene rings is 2. The van der Waals surface area contributed by atoms with Gasteiger partial charge < -0.3 is 9.80 Å². The highest BCUT2D eigenvalue weighted by Gasteiger charge is 2.24. The van der Waals surface area contributed by atoms with Gasteiger partial charge in [0.15, 0.2) is 0 Å². The minimum absolute atomic E-state index is 0.0873. The molecule has 0 N–H and O–H groups in total.